The molecule has 0 bridgehead atoms. The molecule has 2 aliphatic heterocycles. The topological polar surface area (TPSA) is 61.8 Å². The largest absolute Gasteiger partial charge is 0.484 e. The second-order valence-electron chi connectivity index (χ2n) is 7.04. The number of carbonyl (C=O) groups is 1. The number of carbonyl (C=O) groups excluding carboxylic acids is 1. The fourth-order valence-electron chi connectivity index (χ4n) is 3.58. The Balaban J connectivity index is 1.28. The lowest BCUT2D eigenvalue weighted by atomic mass is 10.3. The van der Waals surface area contributed by atoms with Crippen LogP contribution >= 0.6 is 11.6 Å². The van der Waals surface area contributed by atoms with Gasteiger partial charge in [0.2, 0.25) is 0 Å². The molecule has 2 fully saturated rings. The van der Waals surface area contributed by atoms with Crippen molar-refractivity contribution in [1.82, 2.24) is 14.9 Å². The Kier molecular flexibility index (Phi) is 5.81. The van der Waals surface area contributed by atoms with Crippen molar-refractivity contribution in [2.75, 3.05) is 55.7 Å². The van der Waals surface area contributed by atoms with Gasteiger partial charge in [0, 0.05) is 50.4 Å². The molecule has 0 atom stereocenters. The number of ether oxygens (including phenoxy) is 1. The third-order valence-corrected chi connectivity index (χ3v) is 5.45. The molecular formula is C20H24ClN5O2. The number of nitrogens with zero attached hydrogens (tertiary/aromatic N) is 5. The predicted octanol–water partition coefficient (Wildman–Crippen LogP) is 2.46. The van der Waals surface area contributed by atoms with Crippen LogP contribution in [0.3, 0.4) is 0 Å². The maximum Gasteiger partial charge on any atom is 0.260 e. The number of anilines is 2. The van der Waals surface area contributed by atoms with Gasteiger partial charge in [-0.1, -0.05) is 11.6 Å². The monoisotopic (exact) mass is 401 g/mol. The van der Waals surface area contributed by atoms with Crippen molar-refractivity contribution in [3.63, 3.8) is 0 Å². The summed E-state index contributed by atoms with van der Waals surface area (Å²) in [6, 6.07) is 9.09. The molecule has 2 aromatic rings. The number of hydrogen-bond donors (Lipinski definition) is 0. The van der Waals surface area contributed by atoms with Crippen molar-refractivity contribution < 1.29 is 9.53 Å². The van der Waals surface area contributed by atoms with Crippen LogP contribution in [0.25, 0.3) is 0 Å². The number of hydrogen-bond acceptors (Lipinski definition) is 6. The van der Waals surface area contributed by atoms with Crippen molar-refractivity contribution in [1.29, 1.82) is 0 Å². The first-order valence-corrected chi connectivity index (χ1v) is 10.0. The average molecular weight is 402 g/mol. The van der Waals surface area contributed by atoms with Crippen molar-refractivity contribution in [2.45, 2.75) is 12.8 Å². The third kappa shape index (κ3) is 4.47. The summed E-state index contributed by atoms with van der Waals surface area (Å²) >= 11 is 5.86. The summed E-state index contributed by atoms with van der Waals surface area (Å²) in [6.45, 7) is 4.98. The van der Waals surface area contributed by atoms with Gasteiger partial charge in [-0.05, 0) is 37.1 Å². The molecule has 7 nitrogen and oxygen atoms in total. The molecule has 3 heterocycles. The molecule has 0 saturated carbocycles. The van der Waals surface area contributed by atoms with Crippen LogP contribution in [-0.4, -0.2) is 66.7 Å². The van der Waals surface area contributed by atoms with Gasteiger partial charge >= 0.3 is 0 Å². The Morgan fingerprint density at radius 2 is 1.54 bits per heavy atom. The first kappa shape index (κ1) is 18.8. The van der Waals surface area contributed by atoms with Crippen molar-refractivity contribution in [3.05, 3.63) is 41.7 Å². The summed E-state index contributed by atoms with van der Waals surface area (Å²) < 4.78 is 5.57. The Morgan fingerprint density at radius 3 is 2.18 bits per heavy atom. The summed E-state index contributed by atoms with van der Waals surface area (Å²) in [4.78, 5) is 27.6. The molecule has 1 aromatic heterocycles. The summed E-state index contributed by atoms with van der Waals surface area (Å²) in [5.41, 5.74) is 0. The van der Waals surface area contributed by atoms with E-state index in [1.165, 1.54) is 12.8 Å². The molecule has 1 amide bonds. The minimum absolute atomic E-state index is 0.00459. The molecular weight excluding hydrogens is 378 g/mol. The highest BCUT2D eigenvalue weighted by Gasteiger charge is 2.23. The molecule has 0 unspecified atom stereocenters. The fraction of sp³-hybridized carbons (Fsp3) is 0.450. The molecule has 0 aliphatic carbocycles. The van der Waals surface area contributed by atoms with E-state index in [9.17, 15) is 4.79 Å². The van der Waals surface area contributed by atoms with E-state index in [4.69, 9.17) is 16.3 Å². The SMILES string of the molecule is O=C(COc1ccc(Cl)cc1)N1CCN(c2cc(N3CCCC3)ncn2)CC1. The van der Waals surface area contributed by atoms with Gasteiger partial charge in [0.15, 0.2) is 6.61 Å². The van der Waals surface area contributed by atoms with Gasteiger partial charge in [-0.25, -0.2) is 9.97 Å². The molecule has 148 valence electrons. The fourth-order valence-corrected chi connectivity index (χ4v) is 3.71. The summed E-state index contributed by atoms with van der Waals surface area (Å²) in [5.74, 6) is 2.57. The van der Waals surface area contributed by atoms with Gasteiger partial charge in [0.05, 0.1) is 0 Å². The molecule has 0 spiro atoms. The van der Waals surface area contributed by atoms with Gasteiger partial charge in [-0.3, -0.25) is 4.79 Å². The van der Waals surface area contributed by atoms with Crippen LogP contribution in [0, 0.1) is 0 Å². The smallest absolute Gasteiger partial charge is 0.260 e. The van der Waals surface area contributed by atoms with Gasteiger partial charge < -0.3 is 19.4 Å². The molecule has 0 radical (unpaired) electrons. The van der Waals surface area contributed by atoms with Crippen molar-refractivity contribution in [2.24, 2.45) is 0 Å². The van der Waals surface area contributed by atoms with Crippen LogP contribution in [0.15, 0.2) is 36.7 Å². The molecule has 0 N–H and O–H groups in total. The third-order valence-electron chi connectivity index (χ3n) is 5.20. The summed E-state index contributed by atoms with van der Waals surface area (Å²) in [7, 11) is 0. The Labute approximate surface area is 169 Å². The summed E-state index contributed by atoms with van der Waals surface area (Å²) in [6.07, 6.45) is 4.08. The maximum absolute atomic E-state index is 12.4. The Bertz CT molecular complexity index is 802. The van der Waals surface area contributed by atoms with E-state index < -0.39 is 0 Å². The highest BCUT2D eigenvalue weighted by atomic mass is 35.5. The van der Waals surface area contributed by atoms with Crippen LogP contribution in [0.2, 0.25) is 5.02 Å². The number of amides is 1. The number of benzene rings is 1. The van der Waals surface area contributed by atoms with E-state index in [2.05, 4.69) is 25.8 Å². The lowest BCUT2D eigenvalue weighted by molar-refractivity contribution is -0.133. The second kappa shape index (κ2) is 8.65. The van der Waals surface area contributed by atoms with E-state index in [-0.39, 0.29) is 12.5 Å². The average Bonchev–Trinajstić information content (AvgIpc) is 3.28. The zero-order valence-electron chi connectivity index (χ0n) is 15.8. The minimum atomic E-state index is -0.00459. The maximum atomic E-state index is 12.4. The van der Waals surface area contributed by atoms with E-state index in [0.29, 0.717) is 23.9 Å². The first-order valence-electron chi connectivity index (χ1n) is 9.67. The quantitative estimate of drug-likeness (QED) is 0.767. The normalized spacial score (nSPS) is 17.1. The van der Waals surface area contributed by atoms with E-state index in [1.54, 1.807) is 30.6 Å². The Hall–Kier alpha value is -2.54. The number of halogens is 1. The van der Waals surface area contributed by atoms with Crippen LogP contribution < -0.4 is 14.5 Å². The molecule has 28 heavy (non-hydrogen) atoms. The zero-order valence-corrected chi connectivity index (χ0v) is 16.5. The van der Waals surface area contributed by atoms with Crippen LogP contribution in [0.5, 0.6) is 5.75 Å². The van der Waals surface area contributed by atoms with Gasteiger partial charge in [-0.15, -0.1) is 0 Å². The second-order valence-corrected chi connectivity index (χ2v) is 7.48. The lowest BCUT2D eigenvalue weighted by Crippen LogP contribution is -2.50. The van der Waals surface area contributed by atoms with Crippen LogP contribution in [0.1, 0.15) is 12.8 Å². The van der Waals surface area contributed by atoms with Crippen LogP contribution in [0.4, 0.5) is 11.6 Å². The molecule has 8 heteroatoms. The van der Waals surface area contributed by atoms with Crippen molar-refractivity contribution >= 4 is 29.1 Å². The Morgan fingerprint density at radius 1 is 0.929 bits per heavy atom. The van der Waals surface area contributed by atoms with Gasteiger partial charge in [0.1, 0.15) is 23.7 Å². The van der Waals surface area contributed by atoms with Crippen LogP contribution in [-0.2, 0) is 4.79 Å². The minimum Gasteiger partial charge on any atom is -0.484 e. The standard InChI is InChI=1S/C20H24ClN5O2/c21-16-3-5-17(6-4-16)28-14-20(27)26-11-9-25(10-12-26)19-13-18(22-15-23-19)24-7-1-2-8-24/h3-6,13,15H,1-2,7-12,14H2. The zero-order chi connectivity index (χ0) is 19.3. The number of aromatic nitrogens is 2. The molecule has 4 rings (SSSR count). The first-order chi connectivity index (χ1) is 13.7. The highest BCUT2D eigenvalue weighted by Crippen LogP contribution is 2.22. The number of rotatable bonds is 5. The molecule has 1 aromatic carbocycles. The predicted molar refractivity (Wildman–Crippen MR) is 109 cm³/mol. The summed E-state index contributed by atoms with van der Waals surface area (Å²) in [5, 5.41) is 0.646. The van der Waals surface area contributed by atoms with Crippen molar-refractivity contribution in [3.8, 4) is 5.75 Å². The van der Waals surface area contributed by atoms with E-state index in [1.807, 2.05) is 4.90 Å². The van der Waals surface area contributed by atoms with E-state index in [0.717, 1.165) is 37.8 Å². The number of piperazine rings is 1. The highest BCUT2D eigenvalue weighted by molar-refractivity contribution is 6.30. The molecule has 2 aliphatic rings. The molecule has 2 saturated heterocycles. The lowest BCUT2D eigenvalue weighted by Gasteiger charge is -2.35. The van der Waals surface area contributed by atoms with E-state index >= 15 is 0 Å². The van der Waals surface area contributed by atoms with Gasteiger partial charge in [0.25, 0.3) is 5.91 Å². The van der Waals surface area contributed by atoms with Gasteiger partial charge in [-0.2, -0.15) is 0 Å².